The second kappa shape index (κ2) is 7.05. The Morgan fingerprint density at radius 3 is 2.44 bits per heavy atom. The summed E-state index contributed by atoms with van der Waals surface area (Å²) in [5.74, 6) is 0.135. The molecule has 1 fully saturated rings. The number of hydrogen-bond acceptors (Lipinski definition) is 5. The zero-order chi connectivity index (χ0) is 19.0. The van der Waals surface area contributed by atoms with Crippen molar-refractivity contribution in [3.63, 3.8) is 0 Å². The van der Waals surface area contributed by atoms with Crippen molar-refractivity contribution in [3.05, 3.63) is 59.1 Å². The summed E-state index contributed by atoms with van der Waals surface area (Å²) in [6.07, 6.45) is 2.82. The molecule has 2 aromatic carbocycles. The number of benzene rings is 2. The number of aromatic nitrogens is 1. The first-order valence-electron chi connectivity index (χ1n) is 8.87. The summed E-state index contributed by atoms with van der Waals surface area (Å²) in [5, 5.41) is 1.12. The van der Waals surface area contributed by atoms with Gasteiger partial charge in [0, 0.05) is 25.3 Å². The zero-order valence-corrected chi connectivity index (χ0v) is 16.6. The highest BCUT2D eigenvalue weighted by atomic mass is 32.2. The molecule has 0 atom stereocenters. The Bertz CT molecular complexity index is 1060. The lowest BCUT2D eigenvalue weighted by atomic mass is 9.97. The lowest BCUT2D eigenvalue weighted by Gasteiger charge is -2.31. The maximum Gasteiger partial charge on any atom is 0.255 e. The van der Waals surface area contributed by atoms with Crippen LogP contribution in [-0.2, 0) is 9.84 Å². The highest BCUT2D eigenvalue weighted by molar-refractivity contribution is 7.90. The molecule has 0 spiro atoms. The summed E-state index contributed by atoms with van der Waals surface area (Å²) in [6, 6.07) is 14.6. The summed E-state index contributed by atoms with van der Waals surface area (Å²) in [6.45, 7) is 1.22. The predicted molar refractivity (Wildman–Crippen MR) is 107 cm³/mol. The van der Waals surface area contributed by atoms with Crippen LogP contribution in [0, 0.1) is 0 Å². The van der Waals surface area contributed by atoms with E-state index in [-0.39, 0.29) is 16.4 Å². The molecule has 5 nitrogen and oxygen atoms in total. The predicted octanol–water partition coefficient (Wildman–Crippen LogP) is 3.72. The fourth-order valence-corrected chi connectivity index (χ4v) is 5.55. The highest BCUT2D eigenvalue weighted by Crippen LogP contribution is 2.34. The van der Waals surface area contributed by atoms with Gasteiger partial charge in [-0.2, -0.15) is 0 Å². The van der Waals surface area contributed by atoms with Gasteiger partial charge in [-0.05, 0) is 37.1 Å². The molecule has 0 N–H and O–H groups in total. The second-order valence-electron chi connectivity index (χ2n) is 6.85. The van der Waals surface area contributed by atoms with Crippen molar-refractivity contribution in [2.45, 2.75) is 23.7 Å². The van der Waals surface area contributed by atoms with Crippen molar-refractivity contribution in [2.75, 3.05) is 19.3 Å². The van der Waals surface area contributed by atoms with E-state index >= 15 is 0 Å². The van der Waals surface area contributed by atoms with E-state index in [9.17, 15) is 13.2 Å². The monoisotopic (exact) mass is 400 g/mol. The van der Waals surface area contributed by atoms with E-state index in [0.717, 1.165) is 29.6 Å². The number of hydrogen-bond donors (Lipinski definition) is 0. The minimum Gasteiger partial charge on any atom is -0.339 e. The number of sulfone groups is 1. The third-order valence-electron chi connectivity index (χ3n) is 4.96. The van der Waals surface area contributed by atoms with E-state index in [1.165, 1.54) is 10.8 Å². The Morgan fingerprint density at radius 2 is 1.74 bits per heavy atom. The molecule has 1 aromatic heterocycles. The van der Waals surface area contributed by atoms with E-state index in [4.69, 9.17) is 4.98 Å². The van der Waals surface area contributed by atoms with Crippen molar-refractivity contribution in [1.82, 2.24) is 9.88 Å². The van der Waals surface area contributed by atoms with Gasteiger partial charge in [-0.15, -0.1) is 11.3 Å². The molecular formula is C20H20N2O3S2. The van der Waals surface area contributed by atoms with Crippen molar-refractivity contribution >= 4 is 37.3 Å². The SMILES string of the molecule is CS(=O)(=O)c1ccccc1C(=O)N1CCC(c2nc3ccccc3s2)CC1. The number of thiazole rings is 1. The van der Waals surface area contributed by atoms with Crippen LogP contribution in [0.3, 0.4) is 0 Å². The molecule has 0 aliphatic carbocycles. The topological polar surface area (TPSA) is 67.3 Å². The molecule has 1 saturated heterocycles. The number of piperidine rings is 1. The molecule has 2 heterocycles. The lowest BCUT2D eigenvalue weighted by molar-refractivity contribution is 0.0709. The van der Waals surface area contributed by atoms with Gasteiger partial charge in [0.05, 0.1) is 25.7 Å². The van der Waals surface area contributed by atoms with Gasteiger partial charge in [-0.25, -0.2) is 13.4 Å². The molecule has 1 aliphatic heterocycles. The Kier molecular flexibility index (Phi) is 4.74. The molecule has 27 heavy (non-hydrogen) atoms. The minimum atomic E-state index is -3.44. The fraction of sp³-hybridized carbons (Fsp3) is 0.300. The van der Waals surface area contributed by atoms with Gasteiger partial charge >= 0.3 is 0 Å². The highest BCUT2D eigenvalue weighted by Gasteiger charge is 2.28. The molecule has 7 heteroatoms. The van der Waals surface area contributed by atoms with Crippen LogP contribution >= 0.6 is 11.3 Å². The Balaban J connectivity index is 1.50. The van der Waals surface area contributed by atoms with Crippen molar-refractivity contribution in [3.8, 4) is 0 Å². The fourth-order valence-electron chi connectivity index (χ4n) is 3.53. The molecule has 1 amide bonds. The molecule has 0 saturated carbocycles. The first-order valence-corrected chi connectivity index (χ1v) is 11.6. The van der Waals surface area contributed by atoms with Crippen LogP contribution in [0.25, 0.3) is 10.2 Å². The average Bonchev–Trinajstić information content (AvgIpc) is 3.11. The lowest BCUT2D eigenvalue weighted by Crippen LogP contribution is -2.38. The van der Waals surface area contributed by atoms with Gasteiger partial charge in [0.2, 0.25) is 0 Å². The number of amides is 1. The summed E-state index contributed by atoms with van der Waals surface area (Å²) in [7, 11) is -3.44. The van der Waals surface area contributed by atoms with Crippen LogP contribution in [0.15, 0.2) is 53.4 Å². The zero-order valence-electron chi connectivity index (χ0n) is 15.0. The molecule has 1 aliphatic rings. The Labute approximate surface area is 162 Å². The van der Waals surface area contributed by atoms with Gasteiger partial charge in [0.25, 0.3) is 5.91 Å². The van der Waals surface area contributed by atoms with E-state index in [1.54, 1.807) is 34.4 Å². The van der Waals surface area contributed by atoms with E-state index < -0.39 is 9.84 Å². The number of para-hydroxylation sites is 1. The first kappa shape index (κ1) is 18.1. The molecule has 0 bridgehead atoms. The van der Waals surface area contributed by atoms with Crippen LogP contribution in [-0.4, -0.2) is 43.6 Å². The van der Waals surface area contributed by atoms with Crippen LogP contribution < -0.4 is 0 Å². The number of rotatable bonds is 3. The summed E-state index contributed by atoms with van der Waals surface area (Å²) in [4.78, 5) is 19.5. The molecular weight excluding hydrogens is 380 g/mol. The number of carbonyl (C=O) groups is 1. The maximum absolute atomic E-state index is 12.9. The second-order valence-corrected chi connectivity index (χ2v) is 9.90. The molecule has 0 unspecified atom stereocenters. The van der Waals surface area contributed by atoms with Crippen LogP contribution in [0.4, 0.5) is 0 Å². The van der Waals surface area contributed by atoms with E-state index in [0.29, 0.717) is 19.0 Å². The Morgan fingerprint density at radius 1 is 1.07 bits per heavy atom. The molecule has 0 radical (unpaired) electrons. The van der Waals surface area contributed by atoms with Gasteiger partial charge < -0.3 is 4.90 Å². The van der Waals surface area contributed by atoms with Crippen LogP contribution in [0.5, 0.6) is 0 Å². The summed E-state index contributed by atoms with van der Waals surface area (Å²) in [5.41, 5.74) is 1.29. The Hall–Kier alpha value is -2.25. The number of carbonyl (C=O) groups excluding carboxylic acids is 1. The quantitative estimate of drug-likeness (QED) is 0.672. The van der Waals surface area contributed by atoms with E-state index in [1.807, 2.05) is 18.2 Å². The van der Waals surface area contributed by atoms with Crippen molar-refractivity contribution in [2.24, 2.45) is 0 Å². The third-order valence-corrected chi connectivity index (χ3v) is 7.31. The smallest absolute Gasteiger partial charge is 0.255 e. The van der Waals surface area contributed by atoms with Gasteiger partial charge in [-0.1, -0.05) is 24.3 Å². The first-order chi connectivity index (χ1) is 12.9. The normalized spacial score (nSPS) is 16.0. The average molecular weight is 401 g/mol. The number of fused-ring (bicyclic) bond motifs is 1. The van der Waals surface area contributed by atoms with Gasteiger partial charge in [0.1, 0.15) is 0 Å². The minimum absolute atomic E-state index is 0.100. The van der Waals surface area contributed by atoms with E-state index in [2.05, 4.69) is 6.07 Å². The van der Waals surface area contributed by atoms with Crippen LogP contribution in [0.2, 0.25) is 0 Å². The molecule has 140 valence electrons. The summed E-state index contributed by atoms with van der Waals surface area (Å²) < 4.78 is 25.2. The van der Waals surface area contributed by atoms with Crippen LogP contribution in [0.1, 0.15) is 34.1 Å². The van der Waals surface area contributed by atoms with Gasteiger partial charge in [-0.3, -0.25) is 4.79 Å². The maximum atomic E-state index is 12.9. The molecule has 4 rings (SSSR count). The van der Waals surface area contributed by atoms with Crippen molar-refractivity contribution in [1.29, 1.82) is 0 Å². The number of likely N-dealkylation sites (tertiary alicyclic amines) is 1. The van der Waals surface area contributed by atoms with Gasteiger partial charge in [0.15, 0.2) is 9.84 Å². The van der Waals surface area contributed by atoms with Crippen molar-refractivity contribution < 1.29 is 13.2 Å². The molecule has 3 aromatic rings. The standard InChI is InChI=1S/C20H20N2O3S2/c1-27(24,25)18-9-5-2-6-15(18)20(23)22-12-10-14(11-13-22)19-21-16-7-3-4-8-17(16)26-19/h2-9,14H,10-13H2,1H3. The largest absolute Gasteiger partial charge is 0.339 e. The summed E-state index contributed by atoms with van der Waals surface area (Å²) >= 11 is 1.72. The third kappa shape index (κ3) is 3.61. The number of nitrogens with zero attached hydrogens (tertiary/aromatic N) is 2.